The van der Waals surface area contributed by atoms with Crippen LogP contribution in [-0.4, -0.2) is 55.5 Å². The molecule has 2 rings (SSSR count). The molecule has 1 unspecified atom stereocenters. The van der Waals surface area contributed by atoms with E-state index >= 15 is 0 Å². The number of Topliss-reactive ketones (excluding diaryl/α,β-unsaturated/α-hetero) is 2. The van der Waals surface area contributed by atoms with Gasteiger partial charge in [0.25, 0.3) is 5.91 Å². The van der Waals surface area contributed by atoms with E-state index in [1.807, 2.05) is 0 Å². The summed E-state index contributed by atoms with van der Waals surface area (Å²) in [4.78, 5) is 61.7. The summed E-state index contributed by atoms with van der Waals surface area (Å²) in [6.07, 6.45) is -0.115. The molecule has 0 aliphatic rings. The second-order valence-electron chi connectivity index (χ2n) is 8.58. The van der Waals surface area contributed by atoms with Crippen LogP contribution in [0.1, 0.15) is 47.1 Å². The predicted molar refractivity (Wildman–Crippen MR) is 140 cm³/mol. The summed E-state index contributed by atoms with van der Waals surface area (Å²) in [6.45, 7) is 4.20. The molecule has 2 aromatic rings. The van der Waals surface area contributed by atoms with E-state index in [4.69, 9.17) is 27.9 Å². The van der Waals surface area contributed by atoms with Gasteiger partial charge in [0.05, 0.1) is 42.2 Å². The lowest BCUT2D eigenvalue weighted by Gasteiger charge is -2.22. The van der Waals surface area contributed by atoms with Crippen molar-refractivity contribution in [2.24, 2.45) is 5.92 Å². The summed E-state index contributed by atoms with van der Waals surface area (Å²) < 4.78 is 5.27. The van der Waals surface area contributed by atoms with E-state index in [1.54, 1.807) is 38.1 Å². The summed E-state index contributed by atoms with van der Waals surface area (Å²) in [6, 6.07) is 8.46. The van der Waals surface area contributed by atoms with Crippen molar-refractivity contribution in [3.8, 4) is 5.75 Å². The molecular formula is C26H29Cl2N3O6. The van der Waals surface area contributed by atoms with Gasteiger partial charge in [-0.15, -0.1) is 0 Å². The van der Waals surface area contributed by atoms with Gasteiger partial charge in [0.1, 0.15) is 11.8 Å². The largest absolute Gasteiger partial charge is 0.496 e. The highest BCUT2D eigenvalue weighted by Crippen LogP contribution is 2.24. The Bertz CT molecular complexity index is 1180. The minimum absolute atomic E-state index is 0.0516. The Labute approximate surface area is 225 Å². The van der Waals surface area contributed by atoms with E-state index in [0.717, 1.165) is 0 Å². The number of nitrogens with one attached hydrogen (secondary N) is 3. The lowest BCUT2D eigenvalue weighted by Crippen LogP contribution is -2.51. The number of hydrogen-bond donors (Lipinski definition) is 3. The zero-order valence-corrected chi connectivity index (χ0v) is 22.5. The van der Waals surface area contributed by atoms with Gasteiger partial charge in [0.15, 0.2) is 11.6 Å². The number of amides is 3. The van der Waals surface area contributed by atoms with Crippen LogP contribution in [-0.2, 0) is 20.8 Å². The highest BCUT2D eigenvalue weighted by molar-refractivity contribution is 6.39. The smallest absolute Gasteiger partial charge is 0.254 e. The maximum absolute atomic E-state index is 12.7. The fourth-order valence-corrected chi connectivity index (χ4v) is 3.98. The van der Waals surface area contributed by atoms with Crippen molar-refractivity contribution < 1.29 is 28.7 Å². The number of ketones is 2. The van der Waals surface area contributed by atoms with Gasteiger partial charge >= 0.3 is 0 Å². The van der Waals surface area contributed by atoms with E-state index in [0.29, 0.717) is 16.9 Å². The Morgan fingerprint density at radius 1 is 0.946 bits per heavy atom. The van der Waals surface area contributed by atoms with Crippen LogP contribution in [0.4, 0.5) is 0 Å². The lowest BCUT2D eigenvalue weighted by molar-refractivity contribution is -0.130. The second kappa shape index (κ2) is 13.8. The minimum Gasteiger partial charge on any atom is -0.496 e. The minimum atomic E-state index is -0.918. The summed E-state index contributed by atoms with van der Waals surface area (Å²) >= 11 is 12.0. The first-order chi connectivity index (χ1) is 17.4. The number of hydrogen-bond acceptors (Lipinski definition) is 6. The SMILES string of the molecule is COc1ccc(C(C)=O)cc1CC(=O)NC(C(=O)NCC(=O)CNC(=O)c1c(Cl)cccc1Cl)C(C)C. The summed E-state index contributed by atoms with van der Waals surface area (Å²) in [7, 11) is 1.46. The quantitative estimate of drug-likeness (QED) is 0.349. The van der Waals surface area contributed by atoms with Crippen LogP contribution >= 0.6 is 23.2 Å². The number of rotatable bonds is 12. The summed E-state index contributed by atoms with van der Waals surface area (Å²) in [5.74, 6) is -2.09. The van der Waals surface area contributed by atoms with Crippen LogP contribution in [0.3, 0.4) is 0 Å². The molecule has 0 fully saturated rings. The Hall–Kier alpha value is -3.43. The van der Waals surface area contributed by atoms with Gasteiger partial charge in [-0.25, -0.2) is 0 Å². The van der Waals surface area contributed by atoms with E-state index in [2.05, 4.69) is 16.0 Å². The molecule has 9 nitrogen and oxygen atoms in total. The average Bonchev–Trinajstić information content (AvgIpc) is 2.84. The predicted octanol–water partition coefficient (Wildman–Crippen LogP) is 3.00. The maximum Gasteiger partial charge on any atom is 0.254 e. The third-order valence-corrected chi connectivity index (χ3v) is 6.03. The van der Waals surface area contributed by atoms with Crippen molar-refractivity contribution >= 4 is 52.5 Å². The number of halogens is 2. The van der Waals surface area contributed by atoms with Crippen LogP contribution in [0.5, 0.6) is 5.75 Å². The van der Waals surface area contributed by atoms with Gasteiger partial charge in [0, 0.05) is 11.1 Å². The number of methoxy groups -OCH3 is 1. The topological polar surface area (TPSA) is 131 Å². The Morgan fingerprint density at radius 2 is 1.57 bits per heavy atom. The van der Waals surface area contributed by atoms with Gasteiger partial charge in [0.2, 0.25) is 11.8 Å². The number of carbonyl (C=O) groups is 5. The molecule has 0 saturated carbocycles. The average molecular weight is 550 g/mol. The van der Waals surface area contributed by atoms with E-state index < -0.39 is 29.5 Å². The first-order valence-corrected chi connectivity index (χ1v) is 12.2. The fourth-order valence-electron chi connectivity index (χ4n) is 3.41. The molecule has 0 spiro atoms. The highest BCUT2D eigenvalue weighted by atomic mass is 35.5. The fraction of sp³-hybridized carbons (Fsp3) is 0.346. The van der Waals surface area contributed by atoms with Crippen LogP contribution in [0.15, 0.2) is 36.4 Å². The van der Waals surface area contributed by atoms with Gasteiger partial charge in [-0.1, -0.05) is 43.1 Å². The van der Waals surface area contributed by atoms with E-state index in [9.17, 15) is 24.0 Å². The standard InChI is InChI=1S/C26H29Cl2N3O6/c1-14(2)24(31-22(34)11-17-10-16(15(3)32)8-9-21(17)37-4)26(36)30-13-18(33)12-29-25(35)23-19(27)6-5-7-20(23)28/h5-10,14,24H,11-13H2,1-4H3,(H,29,35)(H,30,36)(H,31,34). The molecule has 0 saturated heterocycles. The third-order valence-electron chi connectivity index (χ3n) is 5.40. The van der Waals surface area contributed by atoms with Gasteiger partial charge in [-0.2, -0.15) is 0 Å². The molecule has 0 aliphatic heterocycles. The van der Waals surface area contributed by atoms with Crippen LogP contribution in [0.25, 0.3) is 0 Å². The van der Waals surface area contributed by atoms with E-state index in [1.165, 1.54) is 26.2 Å². The molecule has 0 radical (unpaired) electrons. The zero-order chi connectivity index (χ0) is 27.7. The van der Waals surface area contributed by atoms with Gasteiger partial charge in [-0.3, -0.25) is 24.0 Å². The van der Waals surface area contributed by atoms with E-state index in [-0.39, 0.29) is 46.8 Å². The van der Waals surface area contributed by atoms with Crippen molar-refractivity contribution in [2.45, 2.75) is 33.2 Å². The van der Waals surface area contributed by atoms with Crippen molar-refractivity contribution in [1.29, 1.82) is 0 Å². The summed E-state index contributed by atoms with van der Waals surface area (Å²) in [5.41, 5.74) is 0.986. The molecular weight excluding hydrogens is 521 g/mol. The Balaban J connectivity index is 1.94. The number of carbonyl (C=O) groups excluding carboxylic acids is 5. The van der Waals surface area contributed by atoms with Crippen LogP contribution < -0.4 is 20.7 Å². The summed E-state index contributed by atoms with van der Waals surface area (Å²) in [5, 5.41) is 7.88. The molecule has 37 heavy (non-hydrogen) atoms. The molecule has 0 heterocycles. The normalized spacial score (nSPS) is 11.4. The van der Waals surface area contributed by atoms with Crippen molar-refractivity contribution in [3.63, 3.8) is 0 Å². The Kier molecular flexibility index (Phi) is 11.1. The number of ether oxygens (including phenoxy) is 1. The monoisotopic (exact) mass is 549 g/mol. The molecule has 3 N–H and O–H groups in total. The van der Waals surface area contributed by atoms with Crippen LogP contribution in [0, 0.1) is 5.92 Å². The Morgan fingerprint density at radius 3 is 2.14 bits per heavy atom. The van der Waals surface area contributed by atoms with Gasteiger partial charge < -0.3 is 20.7 Å². The highest BCUT2D eigenvalue weighted by Gasteiger charge is 2.25. The molecule has 11 heteroatoms. The second-order valence-corrected chi connectivity index (χ2v) is 9.40. The van der Waals surface area contributed by atoms with Crippen LogP contribution in [0.2, 0.25) is 10.0 Å². The third kappa shape index (κ3) is 8.58. The molecule has 1 atom stereocenters. The molecule has 2 aromatic carbocycles. The molecule has 3 amide bonds. The molecule has 0 bridgehead atoms. The maximum atomic E-state index is 12.7. The first kappa shape index (κ1) is 29.8. The molecule has 0 aliphatic carbocycles. The zero-order valence-electron chi connectivity index (χ0n) is 20.9. The first-order valence-electron chi connectivity index (χ1n) is 11.4. The van der Waals surface area contributed by atoms with Crippen molar-refractivity contribution in [1.82, 2.24) is 16.0 Å². The van der Waals surface area contributed by atoms with Crippen molar-refractivity contribution in [2.75, 3.05) is 20.2 Å². The molecule has 198 valence electrons. The molecule has 0 aromatic heterocycles. The van der Waals surface area contributed by atoms with Crippen molar-refractivity contribution in [3.05, 3.63) is 63.1 Å². The lowest BCUT2D eigenvalue weighted by atomic mass is 10.0. The number of benzene rings is 2. The van der Waals surface area contributed by atoms with Gasteiger partial charge in [-0.05, 0) is 43.2 Å².